The van der Waals surface area contributed by atoms with E-state index < -0.39 is 0 Å². The van der Waals surface area contributed by atoms with Gasteiger partial charge < -0.3 is 9.30 Å². The quantitative estimate of drug-likeness (QED) is 0.663. The maximum atomic E-state index is 5.56. The first-order valence-electron chi connectivity index (χ1n) is 7.59. The maximum Gasteiger partial charge on any atom is 0.120 e. The molecule has 2 heteroatoms. The lowest BCUT2D eigenvalue weighted by atomic mass is 10.1. The van der Waals surface area contributed by atoms with Gasteiger partial charge in [-0.3, -0.25) is 0 Å². The van der Waals surface area contributed by atoms with Crippen LogP contribution in [0.5, 0.6) is 5.75 Å². The smallest absolute Gasteiger partial charge is 0.120 e. The summed E-state index contributed by atoms with van der Waals surface area (Å²) in [7, 11) is 0. The minimum absolute atomic E-state index is 0.704. The zero-order valence-corrected chi connectivity index (χ0v) is 12.7. The topological polar surface area (TPSA) is 14.2 Å². The van der Waals surface area contributed by atoms with Crippen molar-refractivity contribution in [3.63, 3.8) is 0 Å². The van der Waals surface area contributed by atoms with Crippen LogP contribution in [0, 0.1) is 0 Å². The molecule has 0 N–H and O–H groups in total. The summed E-state index contributed by atoms with van der Waals surface area (Å²) in [5.74, 6) is 0.940. The molecule has 2 aromatic carbocycles. The molecule has 0 radical (unpaired) electrons. The van der Waals surface area contributed by atoms with Crippen LogP contribution in [-0.2, 0) is 13.0 Å². The number of nitrogens with zero attached hydrogens (tertiary/aromatic N) is 1. The lowest BCUT2D eigenvalue weighted by Gasteiger charge is -2.08. The van der Waals surface area contributed by atoms with Crippen LogP contribution in [0.25, 0.3) is 10.9 Å². The molecule has 0 saturated heterocycles. The van der Waals surface area contributed by atoms with Gasteiger partial charge in [-0.1, -0.05) is 31.2 Å². The van der Waals surface area contributed by atoms with E-state index in [-0.39, 0.29) is 0 Å². The van der Waals surface area contributed by atoms with E-state index in [1.165, 1.54) is 22.0 Å². The molecule has 0 aliphatic carbocycles. The van der Waals surface area contributed by atoms with Crippen molar-refractivity contribution in [1.82, 2.24) is 4.57 Å². The molecule has 3 aromatic rings. The molecule has 0 spiro atoms. The fourth-order valence-electron chi connectivity index (χ4n) is 2.65. The van der Waals surface area contributed by atoms with Crippen molar-refractivity contribution in [1.29, 1.82) is 0 Å². The van der Waals surface area contributed by atoms with Gasteiger partial charge in [-0.05, 0) is 48.7 Å². The van der Waals surface area contributed by atoms with Crippen LogP contribution >= 0.6 is 0 Å². The van der Waals surface area contributed by atoms with Crippen LogP contribution in [0.4, 0.5) is 0 Å². The minimum atomic E-state index is 0.704. The molecule has 0 unspecified atom stereocenters. The molecule has 0 fully saturated rings. The number of aryl methyl sites for hydroxylation is 1. The van der Waals surface area contributed by atoms with E-state index in [0.717, 1.165) is 18.7 Å². The Morgan fingerprint density at radius 3 is 2.38 bits per heavy atom. The van der Waals surface area contributed by atoms with Crippen molar-refractivity contribution in [2.45, 2.75) is 26.8 Å². The van der Waals surface area contributed by atoms with Gasteiger partial charge in [0.05, 0.1) is 6.61 Å². The average molecular weight is 279 g/mol. The van der Waals surface area contributed by atoms with Gasteiger partial charge >= 0.3 is 0 Å². The van der Waals surface area contributed by atoms with E-state index in [9.17, 15) is 0 Å². The Hall–Kier alpha value is -2.22. The largest absolute Gasteiger partial charge is 0.494 e. The number of hydrogen-bond donors (Lipinski definition) is 0. The summed E-state index contributed by atoms with van der Waals surface area (Å²) in [6, 6.07) is 17.3. The van der Waals surface area contributed by atoms with Gasteiger partial charge in [-0.25, -0.2) is 0 Å². The molecule has 0 saturated carbocycles. The molecule has 0 atom stereocenters. The lowest BCUT2D eigenvalue weighted by molar-refractivity contribution is 0.340. The van der Waals surface area contributed by atoms with Gasteiger partial charge in [0.15, 0.2) is 0 Å². The van der Waals surface area contributed by atoms with Crippen molar-refractivity contribution >= 4 is 10.9 Å². The molecule has 108 valence electrons. The highest BCUT2D eigenvalue weighted by Gasteiger charge is 2.03. The molecule has 0 aliphatic heterocycles. The Morgan fingerprint density at radius 2 is 1.67 bits per heavy atom. The lowest BCUT2D eigenvalue weighted by Crippen LogP contribution is -1.98. The van der Waals surface area contributed by atoms with E-state index in [2.05, 4.69) is 60.2 Å². The number of hydrogen-bond acceptors (Lipinski definition) is 1. The molecule has 1 heterocycles. The second kappa shape index (κ2) is 6.04. The van der Waals surface area contributed by atoms with Gasteiger partial charge in [0.2, 0.25) is 0 Å². The summed E-state index contributed by atoms with van der Waals surface area (Å²) >= 11 is 0. The molecule has 0 aliphatic rings. The van der Waals surface area contributed by atoms with Gasteiger partial charge in [0.1, 0.15) is 5.75 Å². The normalized spacial score (nSPS) is 11.0. The summed E-state index contributed by atoms with van der Waals surface area (Å²) in [4.78, 5) is 0. The molecule has 1 aromatic heterocycles. The van der Waals surface area contributed by atoms with Crippen molar-refractivity contribution in [2.24, 2.45) is 0 Å². The Balaban J connectivity index is 1.86. The molecule has 0 bridgehead atoms. The highest BCUT2D eigenvalue weighted by molar-refractivity contribution is 5.81. The summed E-state index contributed by atoms with van der Waals surface area (Å²) in [5.41, 5.74) is 3.97. The summed E-state index contributed by atoms with van der Waals surface area (Å²) < 4.78 is 7.84. The number of fused-ring (bicyclic) bond motifs is 1. The molecule has 2 nitrogen and oxygen atoms in total. The molecule has 21 heavy (non-hydrogen) atoms. The Bertz CT molecular complexity index is 725. The van der Waals surface area contributed by atoms with Gasteiger partial charge in [-0.15, -0.1) is 0 Å². The number of benzene rings is 2. The SMILES string of the molecule is CCOc1ccc2c(ccn2Cc2ccc(CC)cc2)c1. The maximum absolute atomic E-state index is 5.56. The fourth-order valence-corrected chi connectivity index (χ4v) is 2.65. The Kier molecular flexibility index (Phi) is 3.96. The van der Waals surface area contributed by atoms with E-state index in [1.807, 2.05) is 13.0 Å². The predicted octanol–water partition coefficient (Wildman–Crippen LogP) is 4.65. The Labute approximate surface area is 126 Å². The molecule has 0 amide bonds. The zero-order chi connectivity index (χ0) is 14.7. The van der Waals surface area contributed by atoms with Crippen LogP contribution in [-0.4, -0.2) is 11.2 Å². The Morgan fingerprint density at radius 1 is 0.905 bits per heavy atom. The molecular weight excluding hydrogens is 258 g/mol. The van der Waals surface area contributed by atoms with Crippen LogP contribution in [0.3, 0.4) is 0 Å². The highest BCUT2D eigenvalue weighted by Crippen LogP contribution is 2.23. The summed E-state index contributed by atoms with van der Waals surface area (Å²) in [5, 5.41) is 1.23. The van der Waals surface area contributed by atoms with E-state index in [1.54, 1.807) is 0 Å². The van der Waals surface area contributed by atoms with E-state index in [0.29, 0.717) is 6.61 Å². The van der Waals surface area contributed by atoms with Crippen molar-refractivity contribution in [3.05, 3.63) is 65.9 Å². The third-order valence-electron chi connectivity index (χ3n) is 3.84. The predicted molar refractivity (Wildman–Crippen MR) is 88.0 cm³/mol. The van der Waals surface area contributed by atoms with Gasteiger partial charge in [0.25, 0.3) is 0 Å². The summed E-state index contributed by atoms with van der Waals surface area (Å²) in [6.45, 7) is 5.80. The van der Waals surface area contributed by atoms with E-state index in [4.69, 9.17) is 4.74 Å². The zero-order valence-electron chi connectivity index (χ0n) is 12.7. The molecule has 3 rings (SSSR count). The van der Waals surface area contributed by atoms with Crippen LogP contribution < -0.4 is 4.74 Å². The first kappa shape index (κ1) is 13.7. The first-order chi connectivity index (χ1) is 10.3. The first-order valence-corrected chi connectivity index (χ1v) is 7.59. The number of ether oxygens (including phenoxy) is 1. The third-order valence-corrected chi connectivity index (χ3v) is 3.84. The van der Waals surface area contributed by atoms with Crippen molar-refractivity contribution < 1.29 is 4.74 Å². The van der Waals surface area contributed by atoms with Crippen LogP contribution in [0.1, 0.15) is 25.0 Å². The highest BCUT2D eigenvalue weighted by atomic mass is 16.5. The van der Waals surface area contributed by atoms with E-state index >= 15 is 0 Å². The fraction of sp³-hybridized carbons (Fsp3) is 0.263. The van der Waals surface area contributed by atoms with Gasteiger partial charge in [-0.2, -0.15) is 0 Å². The second-order valence-electron chi connectivity index (χ2n) is 5.27. The van der Waals surface area contributed by atoms with Crippen molar-refractivity contribution in [2.75, 3.05) is 6.61 Å². The minimum Gasteiger partial charge on any atom is -0.494 e. The standard InChI is InChI=1S/C19H21NO/c1-3-15-5-7-16(8-6-15)14-20-12-11-17-13-18(21-4-2)9-10-19(17)20/h5-13H,3-4,14H2,1-2H3. The average Bonchev–Trinajstić information content (AvgIpc) is 2.91. The second-order valence-corrected chi connectivity index (χ2v) is 5.27. The van der Waals surface area contributed by atoms with Crippen molar-refractivity contribution in [3.8, 4) is 5.75 Å². The summed E-state index contributed by atoms with van der Waals surface area (Å²) in [6.07, 6.45) is 3.24. The van der Waals surface area contributed by atoms with Crippen LogP contribution in [0.2, 0.25) is 0 Å². The molecular formula is C19H21NO. The van der Waals surface area contributed by atoms with Gasteiger partial charge in [0, 0.05) is 23.6 Å². The third kappa shape index (κ3) is 2.94. The number of aromatic nitrogens is 1. The monoisotopic (exact) mass is 279 g/mol. The van der Waals surface area contributed by atoms with Crippen LogP contribution in [0.15, 0.2) is 54.7 Å². The number of rotatable bonds is 5.